The molecule has 0 spiro atoms. The van der Waals surface area contributed by atoms with Crippen molar-refractivity contribution in [3.63, 3.8) is 0 Å². The molecule has 30 heavy (non-hydrogen) atoms. The van der Waals surface area contributed by atoms with E-state index in [-0.39, 0.29) is 5.92 Å². The van der Waals surface area contributed by atoms with Gasteiger partial charge in [-0.3, -0.25) is 0 Å². The molecule has 0 aromatic heterocycles. The van der Waals surface area contributed by atoms with Crippen molar-refractivity contribution < 1.29 is 4.74 Å². The number of benzene rings is 1. The third-order valence-electron chi connectivity index (χ3n) is 6.99. The summed E-state index contributed by atoms with van der Waals surface area (Å²) in [5.74, 6) is 2.63. The highest BCUT2D eigenvalue weighted by Gasteiger charge is 2.27. The number of nitrogens with zero attached hydrogens (tertiary/aromatic N) is 1. The fourth-order valence-electron chi connectivity index (χ4n) is 4.93. The summed E-state index contributed by atoms with van der Waals surface area (Å²) in [5, 5.41) is 9.78. The third kappa shape index (κ3) is 9.55. The van der Waals surface area contributed by atoms with Gasteiger partial charge in [-0.05, 0) is 55.2 Å². The van der Waals surface area contributed by atoms with E-state index in [0.717, 1.165) is 31.1 Å². The van der Waals surface area contributed by atoms with Crippen LogP contribution < -0.4 is 4.74 Å². The predicted octanol–water partition coefficient (Wildman–Crippen LogP) is 8.49. The van der Waals surface area contributed by atoms with Gasteiger partial charge in [-0.1, -0.05) is 96.6 Å². The molecule has 0 saturated heterocycles. The highest BCUT2D eigenvalue weighted by molar-refractivity contribution is 5.28. The molecule has 0 amide bonds. The highest BCUT2D eigenvalue weighted by atomic mass is 16.5. The van der Waals surface area contributed by atoms with Crippen LogP contribution in [0.3, 0.4) is 0 Å². The Morgan fingerprint density at radius 2 is 1.50 bits per heavy atom. The van der Waals surface area contributed by atoms with Crippen LogP contribution in [0.4, 0.5) is 0 Å². The van der Waals surface area contributed by atoms with Gasteiger partial charge in [0.25, 0.3) is 0 Å². The van der Waals surface area contributed by atoms with Gasteiger partial charge in [0.05, 0.1) is 18.6 Å². The van der Waals surface area contributed by atoms with E-state index >= 15 is 0 Å². The maximum Gasteiger partial charge on any atom is 0.119 e. The number of unbranched alkanes of at least 4 members (excludes halogenated alkanes) is 7. The standard InChI is InChI=1S/C28H45NO/c1-3-5-7-8-9-11-21-30-28-19-15-25(16-20-28)22-27(23-29)26-17-13-24(14-18-26)12-10-6-4-2/h15-16,19-20,24,26-27H,3-14,17-18,21-22H2,1-2H3. The van der Waals surface area contributed by atoms with E-state index < -0.39 is 0 Å². The zero-order valence-electron chi connectivity index (χ0n) is 19.7. The SMILES string of the molecule is CCCCCCCCOc1ccc(CC(C#N)C2CCC(CCCCC)CC2)cc1. The van der Waals surface area contributed by atoms with Crippen molar-refractivity contribution in [3.05, 3.63) is 29.8 Å². The normalized spacial score (nSPS) is 19.9. The molecule has 1 aromatic rings. The van der Waals surface area contributed by atoms with Crippen molar-refractivity contribution in [3.8, 4) is 11.8 Å². The Kier molecular flexibility index (Phi) is 12.7. The van der Waals surface area contributed by atoms with Crippen molar-refractivity contribution in [1.82, 2.24) is 0 Å². The molecule has 0 radical (unpaired) electrons. The summed E-state index contributed by atoms with van der Waals surface area (Å²) < 4.78 is 5.90. The Morgan fingerprint density at radius 3 is 2.17 bits per heavy atom. The first kappa shape index (κ1) is 24.8. The zero-order valence-corrected chi connectivity index (χ0v) is 19.7. The van der Waals surface area contributed by atoms with E-state index in [0.29, 0.717) is 5.92 Å². The van der Waals surface area contributed by atoms with Crippen molar-refractivity contribution in [2.75, 3.05) is 6.61 Å². The topological polar surface area (TPSA) is 33.0 Å². The van der Waals surface area contributed by atoms with Crippen LogP contribution in [0.1, 0.15) is 109 Å². The first-order chi connectivity index (χ1) is 14.8. The molecule has 2 rings (SSSR count). The van der Waals surface area contributed by atoms with Crippen LogP contribution in [0.2, 0.25) is 0 Å². The fourth-order valence-corrected chi connectivity index (χ4v) is 4.93. The average molecular weight is 412 g/mol. The summed E-state index contributed by atoms with van der Waals surface area (Å²) >= 11 is 0. The number of nitriles is 1. The molecule has 168 valence electrons. The van der Waals surface area contributed by atoms with Crippen LogP contribution >= 0.6 is 0 Å². The van der Waals surface area contributed by atoms with Gasteiger partial charge in [0, 0.05) is 0 Å². The van der Waals surface area contributed by atoms with Crippen molar-refractivity contribution in [2.45, 2.75) is 110 Å². The summed E-state index contributed by atoms with van der Waals surface area (Å²) in [5.41, 5.74) is 1.28. The lowest BCUT2D eigenvalue weighted by Gasteiger charge is -2.31. The van der Waals surface area contributed by atoms with E-state index in [1.807, 2.05) is 0 Å². The molecule has 1 aliphatic carbocycles. The minimum atomic E-state index is 0.163. The summed E-state index contributed by atoms with van der Waals surface area (Å²) in [6, 6.07) is 11.1. The Bertz CT molecular complexity index is 580. The second-order valence-electron chi connectivity index (χ2n) is 9.48. The maximum atomic E-state index is 9.78. The summed E-state index contributed by atoms with van der Waals surface area (Å²) in [4.78, 5) is 0. The van der Waals surface area contributed by atoms with Gasteiger partial charge < -0.3 is 4.74 Å². The molecule has 0 heterocycles. The van der Waals surface area contributed by atoms with Crippen LogP contribution in [0.25, 0.3) is 0 Å². The zero-order chi connectivity index (χ0) is 21.4. The molecule has 1 atom stereocenters. The van der Waals surface area contributed by atoms with E-state index in [1.54, 1.807) is 0 Å². The van der Waals surface area contributed by atoms with Crippen LogP contribution in [0.15, 0.2) is 24.3 Å². The molecule has 1 saturated carbocycles. The molecule has 1 unspecified atom stereocenters. The Balaban J connectivity index is 1.67. The minimum Gasteiger partial charge on any atom is -0.494 e. The molecule has 1 fully saturated rings. The summed E-state index contributed by atoms with van der Waals surface area (Å²) in [6.07, 6.45) is 19.3. The van der Waals surface area contributed by atoms with E-state index in [1.165, 1.54) is 89.0 Å². The van der Waals surface area contributed by atoms with Crippen LogP contribution in [0.5, 0.6) is 5.75 Å². The van der Waals surface area contributed by atoms with Gasteiger partial charge in [0.1, 0.15) is 5.75 Å². The predicted molar refractivity (Wildman–Crippen MR) is 128 cm³/mol. The number of ether oxygens (including phenoxy) is 1. The van der Waals surface area contributed by atoms with E-state index in [4.69, 9.17) is 4.74 Å². The lowest BCUT2D eigenvalue weighted by molar-refractivity contribution is 0.221. The smallest absolute Gasteiger partial charge is 0.119 e. The Hall–Kier alpha value is -1.49. The minimum absolute atomic E-state index is 0.163. The largest absolute Gasteiger partial charge is 0.494 e. The van der Waals surface area contributed by atoms with Gasteiger partial charge in [-0.2, -0.15) is 5.26 Å². The first-order valence-corrected chi connectivity index (χ1v) is 12.9. The lowest BCUT2D eigenvalue weighted by Crippen LogP contribution is -2.22. The second-order valence-corrected chi connectivity index (χ2v) is 9.48. The van der Waals surface area contributed by atoms with Gasteiger partial charge >= 0.3 is 0 Å². The fraction of sp³-hybridized carbons (Fsp3) is 0.750. The highest BCUT2D eigenvalue weighted by Crippen LogP contribution is 2.37. The first-order valence-electron chi connectivity index (χ1n) is 12.9. The molecular formula is C28H45NO. The van der Waals surface area contributed by atoms with Gasteiger partial charge in [-0.25, -0.2) is 0 Å². The van der Waals surface area contributed by atoms with Gasteiger partial charge in [-0.15, -0.1) is 0 Å². The number of hydrogen-bond donors (Lipinski definition) is 0. The maximum absolute atomic E-state index is 9.78. The average Bonchev–Trinajstić information content (AvgIpc) is 2.78. The molecular weight excluding hydrogens is 366 g/mol. The number of rotatable bonds is 15. The number of hydrogen-bond acceptors (Lipinski definition) is 2. The Morgan fingerprint density at radius 1 is 0.867 bits per heavy atom. The van der Waals surface area contributed by atoms with Crippen molar-refractivity contribution in [1.29, 1.82) is 5.26 Å². The third-order valence-corrected chi connectivity index (χ3v) is 6.99. The lowest BCUT2D eigenvalue weighted by atomic mass is 9.73. The second kappa shape index (κ2) is 15.3. The van der Waals surface area contributed by atoms with Crippen molar-refractivity contribution in [2.24, 2.45) is 17.8 Å². The summed E-state index contributed by atoms with van der Waals surface area (Å²) in [6.45, 7) is 5.35. The van der Waals surface area contributed by atoms with Gasteiger partial charge in [0.2, 0.25) is 0 Å². The van der Waals surface area contributed by atoms with Gasteiger partial charge in [0.15, 0.2) is 0 Å². The molecule has 0 bridgehead atoms. The quantitative estimate of drug-likeness (QED) is 0.271. The van der Waals surface area contributed by atoms with E-state index in [2.05, 4.69) is 44.2 Å². The van der Waals surface area contributed by atoms with Crippen LogP contribution in [0, 0.1) is 29.1 Å². The Labute approximate surface area is 186 Å². The monoisotopic (exact) mass is 411 g/mol. The van der Waals surface area contributed by atoms with Crippen LogP contribution in [-0.2, 0) is 6.42 Å². The van der Waals surface area contributed by atoms with Crippen LogP contribution in [-0.4, -0.2) is 6.61 Å². The molecule has 1 aliphatic rings. The summed E-state index contributed by atoms with van der Waals surface area (Å²) in [7, 11) is 0. The van der Waals surface area contributed by atoms with E-state index in [9.17, 15) is 5.26 Å². The van der Waals surface area contributed by atoms with Crippen molar-refractivity contribution >= 4 is 0 Å². The molecule has 0 N–H and O–H groups in total. The molecule has 0 aliphatic heterocycles. The molecule has 1 aromatic carbocycles. The molecule has 2 heteroatoms. The molecule has 2 nitrogen and oxygen atoms in total.